The summed E-state index contributed by atoms with van der Waals surface area (Å²) in [6.45, 7) is 6.46. The number of aromatic nitrogens is 4. The van der Waals surface area contributed by atoms with Gasteiger partial charge in [-0.2, -0.15) is 0 Å². The van der Waals surface area contributed by atoms with Gasteiger partial charge in [0.15, 0.2) is 0 Å². The Morgan fingerprint density at radius 2 is 1.33 bits per heavy atom. The fourth-order valence-corrected chi connectivity index (χ4v) is 7.29. The standard InChI is InChI=1S/C41H43F2N7O5/c1-41(2,3)55-40(53)50-19-9-13-34(50)37-45-23-32(47-37)28-17-15-26(21-30(28)43)25-14-16-27(29(42)20-25)31-22-44-36(46-31)33-12-8-18-49(33)38(51)35(48-39(52)54-4)24-10-6-5-7-11-24/h5-7,10-11,14-17,20-23,33-35H,8-9,12-13,18-19H2,1-4H3,(H,44,46)(H,45,47)(H,48,52)/t33-,34-,35+/m0/s1. The van der Waals surface area contributed by atoms with Crippen molar-refractivity contribution in [2.24, 2.45) is 0 Å². The van der Waals surface area contributed by atoms with Gasteiger partial charge in [0, 0.05) is 24.2 Å². The maximum absolute atomic E-state index is 15.7. The Labute approximate surface area is 317 Å². The van der Waals surface area contributed by atoms with Gasteiger partial charge >= 0.3 is 12.2 Å². The molecular formula is C41H43F2N7O5. The molecule has 3 amide bonds. The second-order valence-electron chi connectivity index (χ2n) is 14.8. The van der Waals surface area contributed by atoms with E-state index in [0.717, 1.165) is 12.8 Å². The fraction of sp³-hybridized carbons (Fsp3) is 0.341. The molecule has 286 valence electrons. The van der Waals surface area contributed by atoms with Crippen LogP contribution in [0.1, 0.15) is 81.8 Å². The molecule has 3 aromatic carbocycles. The highest BCUT2D eigenvalue weighted by Gasteiger charge is 2.38. The van der Waals surface area contributed by atoms with Crippen LogP contribution in [0.5, 0.6) is 0 Å². The third kappa shape index (κ3) is 7.94. The molecule has 4 heterocycles. The predicted molar refractivity (Wildman–Crippen MR) is 200 cm³/mol. The lowest BCUT2D eigenvalue weighted by atomic mass is 10.00. The third-order valence-electron chi connectivity index (χ3n) is 9.92. The molecular weight excluding hydrogens is 708 g/mol. The van der Waals surface area contributed by atoms with Crippen molar-refractivity contribution in [1.29, 1.82) is 0 Å². The maximum Gasteiger partial charge on any atom is 0.410 e. The molecule has 2 saturated heterocycles. The Kier molecular flexibility index (Phi) is 10.4. The molecule has 3 atom stereocenters. The van der Waals surface area contributed by atoms with Crippen molar-refractivity contribution in [3.05, 3.63) is 108 Å². The zero-order chi connectivity index (χ0) is 38.9. The lowest BCUT2D eigenvalue weighted by molar-refractivity contribution is -0.134. The summed E-state index contributed by atoms with van der Waals surface area (Å²) in [6.07, 6.45) is 4.80. The van der Waals surface area contributed by atoms with Crippen molar-refractivity contribution in [2.75, 3.05) is 20.2 Å². The number of halogens is 2. The van der Waals surface area contributed by atoms with Crippen LogP contribution in [0.4, 0.5) is 18.4 Å². The van der Waals surface area contributed by atoms with Crippen molar-refractivity contribution in [3.8, 4) is 33.6 Å². The van der Waals surface area contributed by atoms with Crippen molar-refractivity contribution < 1.29 is 32.6 Å². The Bertz CT molecular complexity index is 2200. The number of H-pyrrole nitrogens is 2. The second-order valence-corrected chi connectivity index (χ2v) is 14.8. The number of aromatic amines is 2. The van der Waals surface area contributed by atoms with Crippen molar-refractivity contribution in [2.45, 2.75) is 70.2 Å². The van der Waals surface area contributed by atoms with Crippen LogP contribution in [0.2, 0.25) is 0 Å². The smallest absolute Gasteiger partial charge is 0.410 e. The first-order valence-electron chi connectivity index (χ1n) is 18.3. The molecule has 7 rings (SSSR count). The number of benzene rings is 3. The average Bonchev–Trinajstić information content (AvgIpc) is 4.00. The number of carbonyl (C=O) groups excluding carboxylic acids is 3. The van der Waals surface area contributed by atoms with E-state index >= 15 is 8.78 Å². The van der Waals surface area contributed by atoms with Crippen LogP contribution in [0, 0.1) is 11.6 Å². The fourth-order valence-electron chi connectivity index (χ4n) is 7.29. The highest BCUT2D eigenvalue weighted by molar-refractivity contribution is 5.87. The number of imidazole rings is 2. The highest BCUT2D eigenvalue weighted by Crippen LogP contribution is 2.37. The molecule has 5 aromatic rings. The van der Waals surface area contributed by atoms with Gasteiger partial charge in [-0.05, 0) is 87.4 Å². The number of rotatable bonds is 8. The van der Waals surface area contributed by atoms with Crippen LogP contribution in [0.15, 0.2) is 79.1 Å². The van der Waals surface area contributed by atoms with E-state index in [0.29, 0.717) is 71.2 Å². The van der Waals surface area contributed by atoms with Gasteiger partial charge in [0.1, 0.15) is 34.9 Å². The van der Waals surface area contributed by atoms with Crippen molar-refractivity contribution in [1.82, 2.24) is 35.1 Å². The minimum atomic E-state index is -0.960. The molecule has 12 nitrogen and oxygen atoms in total. The molecule has 2 aliphatic heterocycles. The number of alkyl carbamates (subject to hydrolysis) is 1. The van der Waals surface area contributed by atoms with Crippen LogP contribution in [-0.2, 0) is 14.3 Å². The van der Waals surface area contributed by atoms with Crippen LogP contribution in [0.25, 0.3) is 33.6 Å². The van der Waals surface area contributed by atoms with E-state index < -0.39 is 41.5 Å². The van der Waals surface area contributed by atoms with Gasteiger partial charge in [0.25, 0.3) is 5.91 Å². The number of nitrogens with zero attached hydrogens (tertiary/aromatic N) is 4. The summed E-state index contributed by atoms with van der Waals surface area (Å²) in [6, 6.07) is 16.6. The number of ether oxygens (including phenoxy) is 2. The topological polar surface area (TPSA) is 146 Å². The van der Waals surface area contributed by atoms with E-state index in [9.17, 15) is 14.4 Å². The van der Waals surface area contributed by atoms with Gasteiger partial charge in [-0.15, -0.1) is 0 Å². The first-order chi connectivity index (χ1) is 26.4. The van der Waals surface area contributed by atoms with Gasteiger partial charge in [0.2, 0.25) is 0 Å². The lowest BCUT2D eigenvalue weighted by Crippen LogP contribution is -2.42. The minimum Gasteiger partial charge on any atom is -0.453 e. The Morgan fingerprint density at radius 3 is 1.84 bits per heavy atom. The van der Waals surface area contributed by atoms with Crippen LogP contribution in [0.3, 0.4) is 0 Å². The van der Waals surface area contributed by atoms with E-state index in [4.69, 9.17) is 9.47 Å². The van der Waals surface area contributed by atoms with Gasteiger partial charge in [-0.25, -0.2) is 28.3 Å². The Balaban J connectivity index is 1.06. The van der Waals surface area contributed by atoms with Gasteiger partial charge in [0.05, 0.1) is 43.0 Å². The maximum atomic E-state index is 15.7. The second kappa shape index (κ2) is 15.4. The molecule has 2 aromatic heterocycles. The Hall–Kier alpha value is -6.05. The van der Waals surface area contributed by atoms with Crippen molar-refractivity contribution >= 4 is 18.1 Å². The van der Waals surface area contributed by atoms with E-state index in [1.165, 1.54) is 25.4 Å². The summed E-state index contributed by atoms with van der Waals surface area (Å²) >= 11 is 0. The quantitative estimate of drug-likeness (QED) is 0.145. The molecule has 0 bridgehead atoms. The number of carbonyl (C=O) groups is 3. The molecule has 55 heavy (non-hydrogen) atoms. The lowest BCUT2D eigenvalue weighted by Gasteiger charge is -2.28. The largest absolute Gasteiger partial charge is 0.453 e. The van der Waals surface area contributed by atoms with E-state index in [2.05, 4.69) is 25.3 Å². The number of hydrogen-bond acceptors (Lipinski definition) is 7. The zero-order valence-electron chi connectivity index (χ0n) is 31.1. The van der Waals surface area contributed by atoms with Crippen LogP contribution in [-0.4, -0.2) is 73.6 Å². The zero-order valence-corrected chi connectivity index (χ0v) is 31.1. The normalized spacial score (nSPS) is 17.6. The van der Waals surface area contributed by atoms with Crippen LogP contribution >= 0.6 is 0 Å². The number of hydrogen-bond donors (Lipinski definition) is 3. The molecule has 14 heteroatoms. The molecule has 0 radical (unpaired) electrons. The summed E-state index contributed by atoms with van der Waals surface area (Å²) in [5.41, 5.74) is 2.40. The average molecular weight is 752 g/mol. The molecule has 0 saturated carbocycles. The molecule has 2 aliphatic rings. The SMILES string of the molecule is COC(=O)N[C@@H](C(=O)N1CCC[C@H]1c1ncc(-c2ccc(-c3ccc(-c4cnc([C@@H]5CCCN5C(=O)OC(C)(C)C)[nH]4)c(F)c3)cc2F)[nH]1)c1ccccc1. The van der Waals surface area contributed by atoms with E-state index in [-0.39, 0.29) is 17.5 Å². The van der Waals surface area contributed by atoms with E-state index in [1.807, 2.05) is 26.8 Å². The summed E-state index contributed by atoms with van der Waals surface area (Å²) in [5.74, 6) is -0.303. The molecule has 0 spiro atoms. The summed E-state index contributed by atoms with van der Waals surface area (Å²) in [7, 11) is 1.24. The van der Waals surface area contributed by atoms with Gasteiger partial charge in [-0.3, -0.25) is 9.69 Å². The van der Waals surface area contributed by atoms with Crippen molar-refractivity contribution in [3.63, 3.8) is 0 Å². The first kappa shape index (κ1) is 37.3. The summed E-state index contributed by atoms with van der Waals surface area (Å²) in [5, 5.41) is 2.65. The Morgan fingerprint density at radius 1 is 0.800 bits per heavy atom. The first-order valence-corrected chi connectivity index (χ1v) is 18.3. The molecule has 0 unspecified atom stereocenters. The molecule has 2 fully saturated rings. The number of methoxy groups -OCH3 is 1. The van der Waals surface area contributed by atoms with Crippen LogP contribution < -0.4 is 5.32 Å². The summed E-state index contributed by atoms with van der Waals surface area (Å²) < 4.78 is 41.7. The summed E-state index contributed by atoms with van der Waals surface area (Å²) in [4.78, 5) is 57.5. The van der Waals surface area contributed by atoms with Gasteiger partial charge in [-0.1, -0.05) is 42.5 Å². The number of amides is 3. The number of nitrogens with one attached hydrogen (secondary N) is 3. The number of likely N-dealkylation sites (tertiary alicyclic amines) is 2. The minimum absolute atomic E-state index is 0.266. The van der Waals surface area contributed by atoms with Gasteiger partial charge < -0.3 is 29.7 Å². The molecule has 3 N–H and O–H groups in total. The third-order valence-corrected chi connectivity index (χ3v) is 9.92. The molecule has 0 aliphatic carbocycles. The highest BCUT2D eigenvalue weighted by atomic mass is 19.1. The van der Waals surface area contributed by atoms with E-state index in [1.54, 1.807) is 64.5 Å². The monoisotopic (exact) mass is 751 g/mol. The predicted octanol–water partition coefficient (Wildman–Crippen LogP) is 8.24.